The average molecular weight is 216 g/mol. The van der Waals surface area contributed by atoms with Crippen LogP contribution >= 0.6 is 0 Å². The van der Waals surface area contributed by atoms with Gasteiger partial charge in [-0.15, -0.1) is 0 Å². The fraction of sp³-hybridized carbons (Fsp3) is 0.385. The molecule has 84 valence electrons. The van der Waals surface area contributed by atoms with Crippen molar-refractivity contribution in [1.29, 1.82) is 0 Å². The molecule has 2 rings (SSSR count). The lowest BCUT2D eigenvalue weighted by Gasteiger charge is -1.95. The Bertz CT molecular complexity index is 454. The molecule has 0 aliphatic carbocycles. The third kappa shape index (κ3) is 2.30. The van der Waals surface area contributed by atoms with Gasteiger partial charge in [0.05, 0.1) is 11.0 Å². The Morgan fingerprint density at radius 3 is 2.88 bits per heavy atom. The first kappa shape index (κ1) is 10.9. The number of imidazole rings is 1. The van der Waals surface area contributed by atoms with Crippen molar-refractivity contribution in [1.82, 2.24) is 9.97 Å². The quantitative estimate of drug-likeness (QED) is 0.615. The normalized spacial score (nSPS) is 10.8. The number of fused-ring (bicyclic) bond motifs is 1. The van der Waals surface area contributed by atoms with Crippen LogP contribution in [0.3, 0.4) is 0 Å². The topological polar surface area (TPSA) is 45.8 Å². The number of nitrogens with one attached hydrogen (secondary N) is 1. The van der Waals surface area contributed by atoms with Crippen molar-refractivity contribution in [2.24, 2.45) is 0 Å². The lowest BCUT2D eigenvalue weighted by atomic mass is 10.1. The van der Waals surface area contributed by atoms with E-state index in [9.17, 15) is 4.79 Å². The Morgan fingerprint density at radius 2 is 2.12 bits per heavy atom. The molecule has 0 spiro atoms. The molecule has 2 aromatic rings. The minimum Gasteiger partial charge on any atom is -0.335 e. The number of aromatic nitrogens is 2. The largest absolute Gasteiger partial charge is 0.335 e. The van der Waals surface area contributed by atoms with Gasteiger partial charge >= 0.3 is 0 Å². The van der Waals surface area contributed by atoms with E-state index in [2.05, 4.69) is 16.9 Å². The molecule has 1 aromatic heterocycles. The molecule has 0 saturated heterocycles. The maximum absolute atomic E-state index is 11.8. The van der Waals surface area contributed by atoms with Gasteiger partial charge in [0.25, 0.3) is 0 Å². The molecule has 0 amide bonds. The number of para-hydroxylation sites is 2. The summed E-state index contributed by atoms with van der Waals surface area (Å²) in [6.45, 7) is 2.13. The van der Waals surface area contributed by atoms with Crippen LogP contribution in [0.1, 0.15) is 43.2 Å². The molecule has 1 N–H and O–H groups in total. The minimum absolute atomic E-state index is 0.115. The van der Waals surface area contributed by atoms with Crippen molar-refractivity contribution in [2.75, 3.05) is 0 Å². The van der Waals surface area contributed by atoms with Crippen molar-refractivity contribution in [3.8, 4) is 0 Å². The van der Waals surface area contributed by atoms with Gasteiger partial charge in [-0.25, -0.2) is 4.98 Å². The molecule has 0 aliphatic rings. The van der Waals surface area contributed by atoms with Gasteiger partial charge in [-0.2, -0.15) is 0 Å². The number of unbranched alkanes of at least 4 members (excludes halogenated alkanes) is 2. The maximum atomic E-state index is 11.8. The lowest BCUT2D eigenvalue weighted by Crippen LogP contribution is -2.01. The van der Waals surface area contributed by atoms with Gasteiger partial charge in [0.1, 0.15) is 0 Å². The van der Waals surface area contributed by atoms with E-state index < -0.39 is 0 Å². The molecular weight excluding hydrogens is 200 g/mol. The number of hydrogen-bond donors (Lipinski definition) is 1. The second kappa shape index (κ2) is 4.92. The molecule has 1 heterocycles. The molecule has 0 bridgehead atoms. The van der Waals surface area contributed by atoms with Crippen molar-refractivity contribution in [3.05, 3.63) is 30.1 Å². The summed E-state index contributed by atoms with van der Waals surface area (Å²) in [6, 6.07) is 7.71. The number of ketones is 1. The monoisotopic (exact) mass is 216 g/mol. The van der Waals surface area contributed by atoms with E-state index in [1.165, 1.54) is 0 Å². The highest BCUT2D eigenvalue weighted by atomic mass is 16.1. The van der Waals surface area contributed by atoms with Gasteiger partial charge in [0, 0.05) is 6.42 Å². The van der Waals surface area contributed by atoms with E-state index in [1.54, 1.807) is 0 Å². The minimum atomic E-state index is 0.115. The van der Waals surface area contributed by atoms with Crippen LogP contribution in [0.25, 0.3) is 11.0 Å². The second-order valence-electron chi connectivity index (χ2n) is 3.98. The van der Waals surface area contributed by atoms with Crippen molar-refractivity contribution >= 4 is 16.8 Å². The molecule has 3 heteroatoms. The summed E-state index contributed by atoms with van der Waals surface area (Å²) in [6.07, 6.45) is 3.78. The van der Waals surface area contributed by atoms with Crippen LogP contribution < -0.4 is 0 Å². The van der Waals surface area contributed by atoms with Crippen LogP contribution in [0.2, 0.25) is 0 Å². The average Bonchev–Trinajstić information content (AvgIpc) is 2.73. The van der Waals surface area contributed by atoms with Gasteiger partial charge in [0.2, 0.25) is 0 Å². The summed E-state index contributed by atoms with van der Waals surface area (Å²) in [4.78, 5) is 19.1. The molecule has 1 aromatic carbocycles. The third-order valence-corrected chi connectivity index (χ3v) is 2.66. The predicted molar refractivity (Wildman–Crippen MR) is 64.6 cm³/mol. The highest BCUT2D eigenvalue weighted by Gasteiger charge is 2.10. The first-order valence-corrected chi connectivity index (χ1v) is 5.79. The second-order valence-corrected chi connectivity index (χ2v) is 3.98. The number of hydrogen-bond acceptors (Lipinski definition) is 2. The molecule has 3 nitrogen and oxygen atoms in total. The van der Waals surface area contributed by atoms with Crippen LogP contribution in [-0.2, 0) is 0 Å². The van der Waals surface area contributed by atoms with E-state index in [4.69, 9.17) is 0 Å². The van der Waals surface area contributed by atoms with Crippen molar-refractivity contribution in [2.45, 2.75) is 32.6 Å². The van der Waals surface area contributed by atoms with Gasteiger partial charge in [-0.1, -0.05) is 31.9 Å². The molecule has 0 fully saturated rings. The Balaban J connectivity index is 2.11. The Morgan fingerprint density at radius 1 is 1.31 bits per heavy atom. The summed E-state index contributed by atoms with van der Waals surface area (Å²) < 4.78 is 0. The van der Waals surface area contributed by atoms with Crippen LogP contribution in [-0.4, -0.2) is 15.8 Å². The maximum Gasteiger partial charge on any atom is 0.198 e. The Labute approximate surface area is 94.9 Å². The fourth-order valence-corrected chi connectivity index (χ4v) is 1.74. The van der Waals surface area contributed by atoms with E-state index in [0.29, 0.717) is 12.2 Å². The number of benzene rings is 1. The summed E-state index contributed by atoms with van der Waals surface area (Å²) in [7, 11) is 0. The fourth-order valence-electron chi connectivity index (χ4n) is 1.74. The summed E-state index contributed by atoms with van der Waals surface area (Å²) in [5.41, 5.74) is 1.79. The Hall–Kier alpha value is -1.64. The van der Waals surface area contributed by atoms with Crippen LogP contribution in [0.5, 0.6) is 0 Å². The van der Waals surface area contributed by atoms with Crippen molar-refractivity contribution < 1.29 is 4.79 Å². The number of nitrogens with zero attached hydrogens (tertiary/aromatic N) is 1. The van der Waals surface area contributed by atoms with E-state index in [0.717, 1.165) is 30.3 Å². The predicted octanol–water partition coefficient (Wildman–Crippen LogP) is 3.33. The summed E-state index contributed by atoms with van der Waals surface area (Å²) >= 11 is 0. The van der Waals surface area contributed by atoms with E-state index >= 15 is 0 Å². The molecule has 0 atom stereocenters. The molecule has 16 heavy (non-hydrogen) atoms. The number of carbonyl (C=O) groups excluding carboxylic acids is 1. The van der Waals surface area contributed by atoms with Gasteiger partial charge < -0.3 is 4.98 Å². The smallest absolute Gasteiger partial charge is 0.198 e. The number of carbonyl (C=O) groups is 1. The number of rotatable bonds is 5. The molecule has 0 saturated carbocycles. The van der Waals surface area contributed by atoms with Crippen molar-refractivity contribution in [3.63, 3.8) is 0 Å². The lowest BCUT2D eigenvalue weighted by molar-refractivity contribution is 0.0970. The first-order valence-electron chi connectivity index (χ1n) is 5.79. The van der Waals surface area contributed by atoms with Crippen LogP contribution in [0, 0.1) is 0 Å². The third-order valence-electron chi connectivity index (χ3n) is 2.66. The van der Waals surface area contributed by atoms with Crippen LogP contribution in [0.15, 0.2) is 24.3 Å². The van der Waals surface area contributed by atoms with E-state index in [-0.39, 0.29) is 5.78 Å². The summed E-state index contributed by atoms with van der Waals surface area (Å²) in [5, 5.41) is 0. The first-order chi connectivity index (χ1) is 7.81. The standard InChI is InChI=1S/C13H16N2O/c1-2-3-4-9-12(16)13-14-10-7-5-6-8-11(10)15-13/h5-8H,2-4,9H2,1H3,(H,14,15). The Kier molecular flexibility index (Phi) is 3.34. The number of aromatic amines is 1. The molecular formula is C13H16N2O. The molecule has 0 radical (unpaired) electrons. The zero-order chi connectivity index (χ0) is 11.4. The number of H-pyrrole nitrogens is 1. The van der Waals surface area contributed by atoms with Crippen LogP contribution in [0.4, 0.5) is 0 Å². The molecule has 0 unspecified atom stereocenters. The molecule has 0 aliphatic heterocycles. The van der Waals surface area contributed by atoms with Gasteiger partial charge in [-0.3, -0.25) is 4.79 Å². The van der Waals surface area contributed by atoms with E-state index in [1.807, 2.05) is 24.3 Å². The SMILES string of the molecule is CCCCCC(=O)c1nc2ccccc2[nH]1. The van der Waals surface area contributed by atoms with Gasteiger partial charge in [0.15, 0.2) is 11.6 Å². The van der Waals surface area contributed by atoms with Gasteiger partial charge in [-0.05, 0) is 18.6 Å². The summed E-state index contributed by atoms with van der Waals surface area (Å²) in [5.74, 6) is 0.613. The zero-order valence-electron chi connectivity index (χ0n) is 9.49. The zero-order valence-corrected chi connectivity index (χ0v) is 9.49. The highest BCUT2D eigenvalue weighted by molar-refractivity contribution is 5.95. The number of Topliss-reactive ketones (excluding diaryl/α,β-unsaturated/α-hetero) is 1. The highest BCUT2D eigenvalue weighted by Crippen LogP contribution is 2.12.